The van der Waals surface area contributed by atoms with Gasteiger partial charge in [0.15, 0.2) is 0 Å². The van der Waals surface area contributed by atoms with Crippen LogP contribution in [-0.4, -0.2) is 37.1 Å². The Kier molecular flexibility index (Phi) is 5.50. The fourth-order valence-electron chi connectivity index (χ4n) is 4.13. The molecule has 2 fully saturated rings. The smallest absolute Gasteiger partial charge is 0.0137 e. The van der Waals surface area contributed by atoms with Crippen LogP contribution in [0.2, 0.25) is 0 Å². The summed E-state index contributed by atoms with van der Waals surface area (Å²) in [5.41, 5.74) is 0. The van der Waals surface area contributed by atoms with Gasteiger partial charge in [0.05, 0.1) is 0 Å². The first-order valence-corrected chi connectivity index (χ1v) is 8.24. The van der Waals surface area contributed by atoms with Crippen molar-refractivity contribution >= 4 is 0 Å². The summed E-state index contributed by atoms with van der Waals surface area (Å²) in [5, 5.41) is 3.58. The summed E-state index contributed by atoms with van der Waals surface area (Å²) in [7, 11) is 0. The molecule has 106 valence electrons. The van der Waals surface area contributed by atoms with E-state index in [4.69, 9.17) is 0 Å². The van der Waals surface area contributed by atoms with Crippen molar-refractivity contribution in [3.8, 4) is 0 Å². The highest BCUT2D eigenvalue weighted by molar-refractivity contribution is 4.98. The molecule has 2 aliphatic rings. The minimum Gasteiger partial charge on any atom is -0.316 e. The minimum absolute atomic E-state index is 0.862. The fraction of sp³-hybridized carbons (Fsp3) is 1.00. The topological polar surface area (TPSA) is 15.3 Å². The Labute approximate surface area is 114 Å². The maximum absolute atomic E-state index is 3.58. The molecular weight excluding hydrogens is 220 g/mol. The van der Waals surface area contributed by atoms with Gasteiger partial charge in [-0.1, -0.05) is 40.0 Å². The molecule has 4 unspecified atom stereocenters. The lowest BCUT2D eigenvalue weighted by Gasteiger charge is -2.30. The van der Waals surface area contributed by atoms with Crippen LogP contribution >= 0.6 is 0 Å². The number of unbranched alkanes of at least 4 members (excludes halogenated alkanes) is 1. The zero-order chi connectivity index (χ0) is 13.0. The van der Waals surface area contributed by atoms with Crippen molar-refractivity contribution in [2.24, 2.45) is 17.8 Å². The van der Waals surface area contributed by atoms with Crippen molar-refractivity contribution in [2.75, 3.05) is 26.2 Å². The molecule has 0 bridgehead atoms. The van der Waals surface area contributed by atoms with E-state index in [0.717, 1.165) is 23.8 Å². The van der Waals surface area contributed by atoms with E-state index < -0.39 is 0 Å². The van der Waals surface area contributed by atoms with Crippen molar-refractivity contribution in [2.45, 2.75) is 58.9 Å². The van der Waals surface area contributed by atoms with E-state index in [0.29, 0.717) is 0 Å². The van der Waals surface area contributed by atoms with E-state index in [1.807, 2.05) is 0 Å². The zero-order valence-corrected chi connectivity index (χ0v) is 12.6. The second-order valence-electron chi connectivity index (χ2n) is 6.43. The SMILES string of the molecule is CCCCC(CC)CN1CC2CNCC2C1CC. The minimum atomic E-state index is 0.862. The van der Waals surface area contributed by atoms with Crippen LogP contribution in [0.3, 0.4) is 0 Å². The van der Waals surface area contributed by atoms with E-state index in [2.05, 4.69) is 31.0 Å². The normalized spacial score (nSPS) is 33.8. The summed E-state index contributed by atoms with van der Waals surface area (Å²) in [5.74, 6) is 2.82. The van der Waals surface area contributed by atoms with Gasteiger partial charge in [-0.2, -0.15) is 0 Å². The summed E-state index contributed by atoms with van der Waals surface area (Å²) >= 11 is 0. The van der Waals surface area contributed by atoms with Crippen molar-refractivity contribution in [1.29, 1.82) is 0 Å². The molecule has 0 radical (unpaired) electrons. The lowest BCUT2D eigenvalue weighted by atomic mass is 9.92. The maximum atomic E-state index is 3.58. The lowest BCUT2D eigenvalue weighted by molar-refractivity contribution is 0.178. The van der Waals surface area contributed by atoms with Crippen molar-refractivity contribution < 1.29 is 0 Å². The Hall–Kier alpha value is -0.0800. The number of fused-ring (bicyclic) bond motifs is 1. The largest absolute Gasteiger partial charge is 0.316 e. The van der Waals surface area contributed by atoms with Crippen LogP contribution in [-0.2, 0) is 0 Å². The Balaban J connectivity index is 1.87. The quantitative estimate of drug-likeness (QED) is 0.749. The zero-order valence-electron chi connectivity index (χ0n) is 12.6. The van der Waals surface area contributed by atoms with Gasteiger partial charge in [0.2, 0.25) is 0 Å². The number of likely N-dealkylation sites (tertiary alicyclic amines) is 1. The monoisotopic (exact) mass is 252 g/mol. The third kappa shape index (κ3) is 3.08. The van der Waals surface area contributed by atoms with Gasteiger partial charge < -0.3 is 5.32 Å². The molecule has 0 spiro atoms. The summed E-state index contributed by atoms with van der Waals surface area (Å²) in [4.78, 5) is 2.83. The van der Waals surface area contributed by atoms with Crippen LogP contribution in [0.15, 0.2) is 0 Å². The molecule has 0 saturated carbocycles. The molecule has 2 saturated heterocycles. The highest BCUT2D eigenvalue weighted by atomic mass is 15.2. The Morgan fingerprint density at radius 3 is 2.72 bits per heavy atom. The summed E-state index contributed by atoms with van der Waals surface area (Å²) in [6.07, 6.45) is 6.90. The van der Waals surface area contributed by atoms with Gasteiger partial charge in [-0.3, -0.25) is 4.90 Å². The predicted octanol–water partition coefficient (Wildman–Crippen LogP) is 3.13. The van der Waals surface area contributed by atoms with Crippen molar-refractivity contribution in [3.63, 3.8) is 0 Å². The molecule has 2 rings (SSSR count). The van der Waals surface area contributed by atoms with Crippen LogP contribution in [0.5, 0.6) is 0 Å². The first-order chi connectivity index (χ1) is 8.80. The molecule has 2 heteroatoms. The first-order valence-electron chi connectivity index (χ1n) is 8.24. The molecule has 0 aliphatic carbocycles. The third-order valence-corrected chi connectivity index (χ3v) is 5.28. The average Bonchev–Trinajstić information content (AvgIpc) is 2.94. The van der Waals surface area contributed by atoms with E-state index in [1.165, 1.54) is 58.3 Å². The predicted molar refractivity (Wildman–Crippen MR) is 78.8 cm³/mol. The molecule has 0 amide bonds. The second-order valence-corrected chi connectivity index (χ2v) is 6.43. The van der Waals surface area contributed by atoms with Crippen LogP contribution in [0.4, 0.5) is 0 Å². The fourth-order valence-corrected chi connectivity index (χ4v) is 4.13. The molecule has 4 atom stereocenters. The molecule has 0 aromatic carbocycles. The summed E-state index contributed by atoms with van der Waals surface area (Å²) in [6.45, 7) is 12.3. The van der Waals surface area contributed by atoms with Crippen molar-refractivity contribution in [1.82, 2.24) is 10.2 Å². The maximum Gasteiger partial charge on any atom is 0.0137 e. The van der Waals surface area contributed by atoms with Crippen LogP contribution in [0.25, 0.3) is 0 Å². The molecule has 0 aromatic heterocycles. The number of nitrogens with one attached hydrogen (secondary N) is 1. The highest BCUT2D eigenvalue weighted by Crippen LogP contribution is 2.35. The summed E-state index contributed by atoms with van der Waals surface area (Å²) in [6, 6.07) is 0.862. The first kappa shape index (κ1) is 14.3. The van der Waals surface area contributed by atoms with E-state index >= 15 is 0 Å². The van der Waals surface area contributed by atoms with E-state index in [1.54, 1.807) is 0 Å². The molecule has 1 N–H and O–H groups in total. The van der Waals surface area contributed by atoms with Gasteiger partial charge in [-0.05, 0) is 43.7 Å². The molecule has 2 nitrogen and oxygen atoms in total. The molecule has 2 heterocycles. The lowest BCUT2D eigenvalue weighted by Crippen LogP contribution is -2.38. The molecule has 18 heavy (non-hydrogen) atoms. The molecular formula is C16H32N2. The number of hydrogen-bond acceptors (Lipinski definition) is 2. The Bertz CT molecular complexity index is 241. The van der Waals surface area contributed by atoms with Gasteiger partial charge >= 0.3 is 0 Å². The van der Waals surface area contributed by atoms with Gasteiger partial charge in [-0.25, -0.2) is 0 Å². The number of hydrogen-bond donors (Lipinski definition) is 1. The Morgan fingerprint density at radius 1 is 1.22 bits per heavy atom. The van der Waals surface area contributed by atoms with Gasteiger partial charge in [0.1, 0.15) is 0 Å². The van der Waals surface area contributed by atoms with Gasteiger partial charge in [-0.15, -0.1) is 0 Å². The third-order valence-electron chi connectivity index (χ3n) is 5.28. The average molecular weight is 252 g/mol. The second kappa shape index (κ2) is 6.91. The summed E-state index contributed by atoms with van der Waals surface area (Å²) < 4.78 is 0. The van der Waals surface area contributed by atoms with E-state index in [9.17, 15) is 0 Å². The highest BCUT2D eigenvalue weighted by Gasteiger charge is 2.43. The van der Waals surface area contributed by atoms with E-state index in [-0.39, 0.29) is 0 Å². The van der Waals surface area contributed by atoms with Crippen LogP contribution in [0.1, 0.15) is 52.9 Å². The van der Waals surface area contributed by atoms with Gasteiger partial charge in [0.25, 0.3) is 0 Å². The molecule has 0 aromatic rings. The molecule has 2 aliphatic heterocycles. The standard InChI is InChI=1S/C16H32N2/c1-4-7-8-13(5-2)11-18-12-14-9-17-10-15(14)16(18)6-3/h13-17H,4-12H2,1-3H3. The van der Waals surface area contributed by atoms with Crippen LogP contribution in [0, 0.1) is 17.8 Å². The Morgan fingerprint density at radius 2 is 2.06 bits per heavy atom. The number of nitrogens with zero attached hydrogens (tertiary/aromatic N) is 1. The van der Waals surface area contributed by atoms with Crippen LogP contribution < -0.4 is 5.32 Å². The van der Waals surface area contributed by atoms with Crippen molar-refractivity contribution in [3.05, 3.63) is 0 Å². The van der Waals surface area contributed by atoms with Gasteiger partial charge in [0, 0.05) is 19.1 Å². The number of rotatable bonds is 7.